The second kappa shape index (κ2) is 9.62. The molecule has 1 aromatic carbocycles. The maximum Gasteiger partial charge on any atom is 0.491 e. The zero-order valence-electron chi connectivity index (χ0n) is 13.8. The van der Waals surface area contributed by atoms with Crippen LogP contribution in [0.25, 0.3) is 0 Å². The summed E-state index contributed by atoms with van der Waals surface area (Å²) in [4.78, 5) is 37.2. The molecule has 1 atom stereocenters. The summed E-state index contributed by atoms with van der Waals surface area (Å²) in [6, 6.07) is 7.01. The Morgan fingerprint density at radius 3 is 1.92 bits per heavy atom. The Bertz CT molecular complexity index is 650. The highest BCUT2D eigenvalue weighted by Gasteiger charge is 2.25. The van der Waals surface area contributed by atoms with E-state index in [2.05, 4.69) is 0 Å². The Balaban J connectivity index is 2.68. The zero-order chi connectivity index (χ0) is 19.3. The summed E-state index contributed by atoms with van der Waals surface area (Å²) in [6.07, 6.45) is -1.04. The van der Waals surface area contributed by atoms with Crippen LogP contribution >= 0.6 is 22.3 Å². The van der Waals surface area contributed by atoms with E-state index >= 15 is 0 Å². The SMILES string of the molecule is CN(C)[P+](=S)Oc1ccc(CCN(CP(=O)(O)O)CP(=O)(O)O)cc1. The Morgan fingerprint density at radius 2 is 1.52 bits per heavy atom. The molecule has 0 amide bonds. The molecule has 0 aliphatic rings. The van der Waals surface area contributed by atoms with Crippen LogP contribution in [0.15, 0.2) is 24.3 Å². The summed E-state index contributed by atoms with van der Waals surface area (Å²) >= 11 is 5.18. The molecule has 0 aliphatic carbocycles. The van der Waals surface area contributed by atoms with Gasteiger partial charge in [0.1, 0.15) is 12.6 Å². The summed E-state index contributed by atoms with van der Waals surface area (Å²) in [5.41, 5.74) is 0.840. The van der Waals surface area contributed by atoms with Crippen LogP contribution in [0.1, 0.15) is 5.56 Å². The third kappa shape index (κ3) is 10.5. The quantitative estimate of drug-likeness (QED) is 0.405. The smallest absolute Gasteiger partial charge is 0.324 e. The van der Waals surface area contributed by atoms with Crippen LogP contribution in [-0.2, 0) is 27.4 Å². The van der Waals surface area contributed by atoms with Crippen molar-refractivity contribution in [1.29, 1.82) is 0 Å². The van der Waals surface area contributed by atoms with E-state index < -0.39 is 34.8 Å². The summed E-state index contributed by atoms with van der Waals surface area (Å²) in [5.74, 6) is 0.612. The van der Waals surface area contributed by atoms with E-state index in [1.54, 1.807) is 28.9 Å². The normalized spacial score (nSPS) is 13.4. The largest absolute Gasteiger partial charge is 0.491 e. The predicted octanol–water partition coefficient (Wildman–Crippen LogP) is 1.52. The van der Waals surface area contributed by atoms with E-state index in [9.17, 15) is 9.13 Å². The molecular formula is C12H22N2O7P3S+. The maximum atomic E-state index is 11.1. The van der Waals surface area contributed by atoms with Crippen molar-refractivity contribution in [1.82, 2.24) is 9.57 Å². The van der Waals surface area contributed by atoms with Gasteiger partial charge in [0.25, 0.3) is 0 Å². The molecule has 0 radical (unpaired) electrons. The molecule has 0 bridgehead atoms. The van der Waals surface area contributed by atoms with Gasteiger partial charge < -0.3 is 19.6 Å². The second-order valence-electron chi connectivity index (χ2n) is 5.58. The lowest BCUT2D eigenvalue weighted by atomic mass is 10.1. The van der Waals surface area contributed by atoms with Crippen molar-refractivity contribution >= 4 is 34.1 Å². The first-order chi connectivity index (χ1) is 11.4. The fourth-order valence-electron chi connectivity index (χ4n) is 1.88. The van der Waals surface area contributed by atoms with Gasteiger partial charge in [-0.15, -0.1) is 0 Å². The Kier molecular flexibility index (Phi) is 8.78. The first kappa shape index (κ1) is 22.8. The lowest BCUT2D eigenvalue weighted by molar-refractivity contribution is 0.279. The van der Waals surface area contributed by atoms with Crippen molar-refractivity contribution < 1.29 is 33.2 Å². The van der Waals surface area contributed by atoms with Gasteiger partial charge in [0, 0.05) is 20.6 Å². The number of nitrogens with zero attached hydrogens (tertiary/aromatic N) is 2. The molecule has 4 N–H and O–H groups in total. The fraction of sp³-hybridized carbons (Fsp3) is 0.500. The van der Waals surface area contributed by atoms with Crippen molar-refractivity contribution in [3.8, 4) is 5.75 Å². The third-order valence-electron chi connectivity index (χ3n) is 2.92. The molecule has 0 saturated carbocycles. The van der Waals surface area contributed by atoms with Gasteiger partial charge in [-0.05, 0) is 24.1 Å². The number of rotatable bonds is 10. The van der Waals surface area contributed by atoms with Gasteiger partial charge in [-0.25, -0.2) is 0 Å². The molecule has 1 unspecified atom stereocenters. The lowest BCUT2D eigenvalue weighted by Gasteiger charge is -2.22. The van der Waals surface area contributed by atoms with Crippen LogP contribution in [0.2, 0.25) is 0 Å². The van der Waals surface area contributed by atoms with Crippen molar-refractivity contribution in [3.63, 3.8) is 0 Å². The highest BCUT2D eigenvalue weighted by molar-refractivity contribution is 8.02. The molecule has 1 aromatic rings. The summed E-state index contributed by atoms with van der Waals surface area (Å²) in [5, 5.41) is 0. The van der Waals surface area contributed by atoms with E-state index in [1.165, 1.54) is 0 Å². The van der Waals surface area contributed by atoms with Crippen molar-refractivity contribution in [3.05, 3.63) is 29.8 Å². The van der Waals surface area contributed by atoms with Crippen LogP contribution in [0.3, 0.4) is 0 Å². The molecule has 0 saturated heterocycles. The van der Waals surface area contributed by atoms with Gasteiger partial charge in [0.15, 0.2) is 5.75 Å². The Morgan fingerprint density at radius 1 is 1.04 bits per heavy atom. The zero-order valence-corrected chi connectivity index (χ0v) is 17.3. The summed E-state index contributed by atoms with van der Waals surface area (Å²) in [6.45, 7) is 0.0991. The molecule has 9 nitrogen and oxygen atoms in total. The minimum Gasteiger partial charge on any atom is -0.324 e. The van der Waals surface area contributed by atoms with E-state index in [0.717, 1.165) is 10.5 Å². The Labute approximate surface area is 152 Å². The first-order valence-corrected chi connectivity index (χ1v) is 12.9. The number of hydrogen-bond donors (Lipinski definition) is 4. The van der Waals surface area contributed by atoms with Gasteiger partial charge in [0.2, 0.25) is 11.8 Å². The number of hydrogen-bond acceptors (Lipinski definition) is 5. The van der Waals surface area contributed by atoms with Crippen LogP contribution in [0.5, 0.6) is 5.75 Å². The minimum absolute atomic E-state index is 0.0991. The van der Waals surface area contributed by atoms with Crippen LogP contribution < -0.4 is 4.52 Å². The van der Waals surface area contributed by atoms with Crippen LogP contribution in [-0.4, -0.2) is 62.4 Å². The molecule has 1 rings (SSSR count). The van der Waals surface area contributed by atoms with E-state index in [1.807, 2.05) is 14.1 Å². The molecule has 142 valence electrons. The molecule has 0 spiro atoms. The molecule has 0 fully saturated rings. The third-order valence-corrected chi connectivity index (χ3v) is 6.68. The molecule has 0 aromatic heterocycles. The minimum atomic E-state index is -4.41. The molecule has 25 heavy (non-hydrogen) atoms. The highest BCUT2D eigenvalue weighted by atomic mass is 32.4. The molecular weight excluding hydrogens is 409 g/mol. The molecule has 0 aliphatic heterocycles. The van der Waals surface area contributed by atoms with Gasteiger partial charge in [0.05, 0.1) is 0 Å². The standard InChI is InChI=1S/C12H21N2O7P3S/c1-13(2)22(25)21-12-5-3-11(4-6-12)7-8-14(9-23(15,16)17)10-24(18,19)20/h3-6H,7-10H2,1-2H3,(H3-,15,16,17,18,19,20)/p+1. The van der Waals surface area contributed by atoms with Crippen LogP contribution in [0.4, 0.5) is 0 Å². The lowest BCUT2D eigenvalue weighted by Crippen LogP contribution is -2.28. The topological polar surface area (TPSA) is 131 Å². The van der Waals surface area contributed by atoms with Crippen molar-refractivity contribution in [2.75, 3.05) is 33.2 Å². The van der Waals surface area contributed by atoms with E-state index in [4.69, 9.17) is 35.9 Å². The average Bonchev–Trinajstić information content (AvgIpc) is 2.42. The Hall–Kier alpha value is -0.240. The highest BCUT2D eigenvalue weighted by Crippen LogP contribution is 2.40. The van der Waals surface area contributed by atoms with E-state index in [0.29, 0.717) is 12.2 Å². The van der Waals surface area contributed by atoms with Gasteiger partial charge in [-0.3, -0.25) is 18.6 Å². The van der Waals surface area contributed by atoms with Crippen molar-refractivity contribution in [2.45, 2.75) is 6.42 Å². The van der Waals surface area contributed by atoms with Crippen molar-refractivity contribution in [2.24, 2.45) is 0 Å². The molecule has 0 heterocycles. The number of benzene rings is 1. The van der Waals surface area contributed by atoms with Gasteiger partial charge in [-0.1, -0.05) is 16.8 Å². The second-order valence-corrected chi connectivity index (χ2v) is 11.2. The predicted molar refractivity (Wildman–Crippen MR) is 99.3 cm³/mol. The summed E-state index contributed by atoms with van der Waals surface area (Å²) in [7, 11) is -6.32. The van der Waals surface area contributed by atoms with Gasteiger partial charge >= 0.3 is 22.3 Å². The first-order valence-electron chi connectivity index (χ1n) is 7.08. The molecule has 13 heteroatoms. The fourth-order valence-corrected chi connectivity index (χ4v) is 4.29. The summed E-state index contributed by atoms with van der Waals surface area (Å²) < 4.78 is 29.6. The van der Waals surface area contributed by atoms with Crippen LogP contribution in [0, 0.1) is 0 Å². The van der Waals surface area contributed by atoms with E-state index in [-0.39, 0.29) is 6.54 Å². The monoisotopic (exact) mass is 431 g/mol. The van der Waals surface area contributed by atoms with Gasteiger partial charge in [-0.2, -0.15) is 0 Å². The average molecular weight is 431 g/mol. The maximum absolute atomic E-state index is 11.1.